The third-order valence-corrected chi connectivity index (χ3v) is 3.05. The van der Waals surface area contributed by atoms with E-state index in [-0.39, 0.29) is 5.76 Å². The first-order chi connectivity index (χ1) is 10.9. The summed E-state index contributed by atoms with van der Waals surface area (Å²) in [4.78, 5) is 21.8. The summed E-state index contributed by atoms with van der Waals surface area (Å²) >= 11 is 6.10. The van der Waals surface area contributed by atoms with Crippen LogP contribution < -0.4 is 10.1 Å². The predicted molar refractivity (Wildman–Crippen MR) is 85.1 cm³/mol. The second-order valence-electron chi connectivity index (χ2n) is 5.20. The zero-order valence-electron chi connectivity index (χ0n) is 12.5. The maximum absolute atomic E-state index is 12.0. The molecule has 1 heterocycles. The minimum atomic E-state index is -0.714. The largest absolute Gasteiger partial charge is 0.492 e. The maximum Gasteiger partial charge on any atom is 0.433 e. The van der Waals surface area contributed by atoms with Crippen molar-refractivity contribution in [1.29, 1.82) is 0 Å². The van der Waals surface area contributed by atoms with Crippen molar-refractivity contribution in [1.82, 2.24) is 0 Å². The molecule has 0 saturated heterocycles. The van der Waals surface area contributed by atoms with Gasteiger partial charge in [0, 0.05) is 5.69 Å². The lowest BCUT2D eigenvalue weighted by Gasteiger charge is -2.11. The van der Waals surface area contributed by atoms with Crippen LogP contribution in [0.25, 0.3) is 0 Å². The van der Waals surface area contributed by atoms with Gasteiger partial charge in [-0.1, -0.05) is 25.4 Å². The summed E-state index contributed by atoms with van der Waals surface area (Å²) in [5, 5.41) is 13.4. The summed E-state index contributed by atoms with van der Waals surface area (Å²) in [7, 11) is 0. The molecule has 1 amide bonds. The zero-order chi connectivity index (χ0) is 17.0. The number of nitro groups is 1. The number of nitrogens with one attached hydrogen (secondary N) is 1. The smallest absolute Gasteiger partial charge is 0.433 e. The Hall–Kier alpha value is -2.54. The van der Waals surface area contributed by atoms with E-state index in [1.807, 2.05) is 13.8 Å². The van der Waals surface area contributed by atoms with Crippen molar-refractivity contribution in [3.8, 4) is 5.75 Å². The van der Waals surface area contributed by atoms with Crippen LogP contribution >= 0.6 is 11.6 Å². The molecule has 0 saturated carbocycles. The fourth-order valence-electron chi connectivity index (χ4n) is 1.69. The van der Waals surface area contributed by atoms with Crippen molar-refractivity contribution in [3.05, 3.63) is 51.2 Å². The highest BCUT2D eigenvalue weighted by Crippen LogP contribution is 2.28. The molecule has 0 aliphatic carbocycles. The predicted octanol–water partition coefficient (Wildman–Crippen LogP) is 4.13. The molecule has 7 nitrogen and oxygen atoms in total. The number of halogens is 1. The van der Waals surface area contributed by atoms with Gasteiger partial charge in [0.1, 0.15) is 10.7 Å². The van der Waals surface area contributed by atoms with Gasteiger partial charge in [0.15, 0.2) is 5.76 Å². The number of furan rings is 1. The van der Waals surface area contributed by atoms with Gasteiger partial charge in [0.25, 0.3) is 5.91 Å². The number of ether oxygens (including phenoxy) is 1. The molecule has 0 aliphatic rings. The monoisotopic (exact) mass is 338 g/mol. The summed E-state index contributed by atoms with van der Waals surface area (Å²) in [6, 6.07) is 7.15. The molecular weight excluding hydrogens is 324 g/mol. The first kappa shape index (κ1) is 16.8. The molecule has 122 valence electrons. The molecule has 0 atom stereocenters. The summed E-state index contributed by atoms with van der Waals surface area (Å²) in [5.41, 5.74) is 0.427. The van der Waals surface area contributed by atoms with Crippen LogP contribution in [0.1, 0.15) is 24.4 Å². The first-order valence-corrected chi connectivity index (χ1v) is 7.22. The fourth-order valence-corrected chi connectivity index (χ4v) is 1.93. The maximum atomic E-state index is 12.0. The van der Waals surface area contributed by atoms with E-state index in [2.05, 4.69) is 5.32 Å². The molecule has 0 aliphatic heterocycles. The molecule has 0 unspecified atom stereocenters. The van der Waals surface area contributed by atoms with Crippen molar-refractivity contribution >= 4 is 29.1 Å². The topological polar surface area (TPSA) is 94.6 Å². The van der Waals surface area contributed by atoms with Gasteiger partial charge < -0.3 is 14.5 Å². The Kier molecular flexibility index (Phi) is 5.23. The molecule has 2 aromatic rings. The number of hydrogen-bond donors (Lipinski definition) is 1. The number of benzene rings is 1. The van der Waals surface area contributed by atoms with Crippen molar-refractivity contribution in [2.75, 3.05) is 11.9 Å². The molecule has 0 radical (unpaired) electrons. The quantitative estimate of drug-likeness (QED) is 0.631. The second-order valence-corrected chi connectivity index (χ2v) is 5.61. The van der Waals surface area contributed by atoms with E-state index in [0.717, 1.165) is 6.07 Å². The lowest BCUT2D eigenvalue weighted by Crippen LogP contribution is -2.11. The minimum Gasteiger partial charge on any atom is -0.492 e. The van der Waals surface area contributed by atoms with E-state index in [0.29, 0.717) is 29.0 Å². The molecule has 23 heavy (non-hydrogen) atoms. The lowest BCUT2D eigenvalue weighted by molar-refractivity contribution is -0.402. The van der Waals surface area contributed by atoms with E-state index in [1.165, 1.54) is 12.1 Å². The van der Waals surface area contributed by atoms with Gasteiger partial charge in [-0.15, -0.1) is 0 Å². The number of anilines is 1. The van der Waals surface area contributed by atoms with Crippen molar-refractivity contribution in [2.24, 2.45) is 5.92 Å². The summed E-state index contributed by atoms with van der Waals surface area (Å²) in [6.07, 6.45) is 0. The van der Waals surface area contributed by atoms with Crippen LogP contribution in [0, 0.1) is 16.0 Å². The van der Waals surface area contributed by atoms with Gasteiger partial charge in [-0.05, 0) is 30.2 Å². The molecular formula is C15H15ClN2O5. The van der Waals surface area contributed by atoms with Crippen molar-refractivity contribution in [2.45, 2.75) is 13.8 Å². The Morgan fingerprint density at radius 2 is 2.13 bits per heavy atom. The van der Waals surface area contributed by atoms with E-state index in [9.17, 15) is 14.9 Å². The average molecular weight is 339 g/mol. The van der Waals surface area contributed by atoms with Crippen LogP contribution in [0.2, 0.25) is 5.02 Å². The number of carbonyl (C=O) groups excluding carboxylic acids is 1. The van der Waals surface area contributed by atoms with Gasteiger partial charge in [-0.2, -0.15) is 0 Å². The summed E-state index contributed by atoms with van der Waals surface area (Å²) < 4.78 is 10.4. The van der Waals surface area contributed by atoms with Crippen LogP contribution in [0.15, 0.2) is 34.7 Å². The molecule has 0 fully saturated rings. The number of carbonyl (C=O) groups is 1. The Balaban J connectivity index is 2.06. The van der Waals surface area contributed by atoms with Gasteiger partial charge in [-0.25, -0.2) is 0 Å². The van der Waals surface area contributed by atoms with Crippen LogP contribution in [0.3, 0.4) is 0 Å². The van der Waals surface area contributed by atoms with E-state index >= 15 is 0 Å². The van der Waals surface area contributed by atoms with E-state index in [4.69, 9.17) is 20.8 Å². The molecule has 1 N–H and O–H groups in total. The lowest BCUT2D eigenvalue weighted by atomic mass is 10.2. The van der Waals surface area contributed by atoms with Gasteiger partial charge >= 0.3 is 5.88 Å². The SMILES string of the molecule is CC(C)COc1ccc(NC(=O)c2ccc([N+](=O)[O-])o2)cc1Cl. The van der Waals surface area contributed by atoms with Crippen LogP contribution in [0.5, 0.6) is 5.75 Å². The summed E-state index contributed by atoms with van der Waals surface area (Å²) in [5.74, 6) is -0.379. The van der Waals surface area contributed by atoms with Crippen LogP contribution in [-0.2, 0) is 0 Å². The zero-order valence-corrected chi connectivity index (χ0v) is 13.3. The molecule has 8 heteroatoms. The number of rotatable bonds is 6. The standard InChI is InChI=1S/C15H15ClN2O5/c1-9(2)8-22-12-4-3-10(7-11(12)16)17-15(19)13-5-6-14(23-13)18(20)21/h3-7,9H,8H2,1-2H3,(H,17,19). The molecule has 0 bridgehead atoms. The average Bonchev–Trinajstić information content (AvgIpc) is 2.96. The minimum absolute atomic E-state index is 0.159. The molecule has 1 aromatic heterocycles. The third kappa shape index (κ3) is 4.46. The van der Waals surface area contributed by atoms with Crippen molar-refractivity contribution in [3.63, 3.8) is 0 Å². The normalized spacial score (nSPS) is 10.6. The Bertz CT molecular complexity index is 726. The highest BCUT2D eigenvalue weighted by molar-refractivity contribution is 6.32. The van der Waals surface area contributed by atoms with Gasteiger partial charge in [-0.3, -0.25) is 14.9 Å². The molecule has 2 rings (SSSR count). The van der Waals surface area contributed by atoms with E-state index in [1.54, 1.807) is 12.1 Å². The van der Waals surface area contributed by atoms with Crippen LogP contribution in [0.4, 0.5) is 11.6 Å². The third-order valence-electron chi connectivity index (χ3n) is 2.76. The highest BCUT2D eigenvalue weighted by Gasteiger charge is 2.17. The van der Waals surface area contributed by atoms with Crippen LogP contribution in [-0.4, -0.2) is 17.4 Å². The first-order valence-electron chi connectivity index (χ1n) is 6.84. The van der Waals surface area contributed by atoms with E-state index < -0.39 is 16.7 Å². The number of nitrogens with zero attached hydrogens (tertiary/aromatic N) is 1. The molecule has 0 spiro atoms. The summed E-state index contributed by atoms with van der Waals surface area (Å²) in [6.45, 7) is 4.57. The number of hydrogen-bond acceptors (Lipinski definition) is 5. The van der Waals surface area contributed by atoms with Gasteiger partial charge in [0.2, 0.25) is 0 Å². The van der Waals surface area contributed by atoms with Crippen molar-refractivity contribution < 1.29 is 18.9 Å². The Morgan fingerprint density at radius 1 is 1.39 bits per heavy atom. The van der Waals surface area contributed by atoms with Gasteiger partial charge in [0.05, 0.1) is 17.7 Å². The molecule has 1 aromatic carbocycles. The Labute approximate surface area is 137 Å². The Morgan fingerprint density at radius 3 is 2.70 bits per heavy atom. The second kappa shape index (κ2) is 7.15. The highest BCUT2D eigenvalue weighted by atomic mass is 35.5. The number of amides is 1. The fraction of sp³-hybridized carbons (Fsp3) is 0.267.